The zero-order valence-electron chi connectivity index (χ0n) is 19.9. The minimum Gasteiger partial charge on any atom is -0.382 e. The lowest BCUT2D eigenvalue weighted by Gasteiger charge is -2.38. The Balaban J connectivity index is 1.22. The number of halogens is 4. The molecule has 2 saturated heterocycles. The highest BCUT2D eigenvalue weighted by molar-refractivity contribution is 5.99. The molecule has 2 heterocycles. The number of aliphatic hydroxyl groups is 1. The average Bonchev–Trinajstić information content (AvgIpc) is 3.78. The fourth-order valence-electron chi connectivity index (χ4n) is 5.72. The third-order valence-electron chi connectivity index (χ3n) is 8.18. The third kappa shape index (κ3) is 4.40. The highest BCUT2D eigenvalue weighted by atomic mass is 19.4. The molecule has 2 aliphatic carbocycles. The van der Waals surface area contributed by atoms with Crippen molar-refractivity contribution >= 4 is 11.8 Å². The lowest BCUT2D eigenvalue weighted by Crippen LogP contribution is -2.56. The molecule has 0 aromatic heterocycles. The van der Waals surface area contributed by atoms with E-state index < -0.39 is 41.1 Å². The molecule has 37 heavy (non-hydrogen) atoms. The molecule has 6 nitrogen and oxygen atoms in total. The Morgan fingerprint density at radius 3 is 2.49 bits per heavy atom. The van der Waals surface area contributed by atoms with Gasteiger partial charge in [0.1, 0.15) is 17.5 Å². The molecule has 4 fully saturated rings. The Morgan fingerprint density at radius 2 is 1.86 bits per heavy atom. The molecule has 3 N–H and O–H groups in total. The van der Waals surface area contributed by atoms with Gasteiger partial charge in [0.15, 0.2) is 0 Å². The molecule has 2 amide bonds. The highest BCUT2D eigenvalue weighted by Gasteiger charge is 2.56. The van der Waals surface area contributed by atoms with Crippen molar-refractivity contribution in [1.29, 1.82) is 0 Å². The van der Waals surface area contributed by atoms with E-state index in [-0.39, 0.29) is 29.3 Å². The number of piperidine rings is 1. The Bertz CT molecular complexity index is 1260. The summed E-state index contributed by atoms with van der Waals surface area (Å²) in [5.74, 6) is -1.58. The Morgan fingerprint density at radius 1 is 1.11 bits per heavy atom. The van der Waals surface area contributed by atoms with Gasteiger partial charge < -0.3 is 20.6 Å². The van der Waals surface area contributed by atoms with Crippen LogP contribution in [0.4, 0.5) is 17.6 Å². The SMILES string of the molecule is O=C(N[C@@H](c1ccc(C(F)(F)F)cc1F)C1CC1)[C@H]1C[C@H]2C[C@H]2N1C(=O)c1cccc(C2(O)CNC2)c1. The number of carbonyl (C=O) groups is 2. The number of nitrogens with zero attached hydrogens (tertiary/aromatic N) is 1. The number of fused-ring (bicyclic) bond motifs is 1. The van der Waals surface area contributed by atoms with Crippen molar-refractivity contribution in [3.63, 3.8) is 0 Å². The summed E-state index contributed by atoms with van der Waals surface area (Å²) >= 11 is 0. The lowest BCUT2D eigenvalue weighted by atomic mass is 9.87. The summed E-state index contributed by atoms with van der Waals surface area (Å²) < 4.78 is 53.8. The van der Waals surface area contributed by atoms with Crippen molar-refractivity contribution in [2.75, 3.05) is 13.1 Å². The topological polar surface area (TPSA) is 81.7 Å². The molecule has 0 radical (unpaired) electrons. The number of alkyl halides is 3. The molecule has 2 saturated carbocycles. The van der Waals surface area contributed by atoms with Crippen molar-refractivity contribution < 1.29 is 32.3 Å². The van der Waals surface area contributed by atoms with Crippen LogP contribution in [0.15, 0.2) is 42.5 Å². The van der Waals surface area contributed by atoms with Gasteiger partial charge >= 0.3 is 6.18 Å². The summed E-state index contributed by atoms with van der Waals surface area (Å²) in [6.45, 7) is 0.792. The molecule has 10 heteroatoms. The van der Waals surface area contributed by atoms with Gasteiger partial charge in [-0.3, -0.25) is 9.59 Å². The van der Waals surface area contributed by atoms with E-state index in [0.29, 0.717) is 36.7 Å². The van der Waals surface area contributed by atoms with Gasteiger partial charge in [-0.05, 0) is 67.3 Å². The fourth-order valence-corrected chi connectivity index (χ4v) is 5.72. The fraction of sp³-hybridized carbons (Fsp3) is 0.481. The average molecular weight is 518 g/mol. The van der Waals surface area contributed by atoms with Crippen LogP contribution >= 0.6 is 0 Å². The monoisotopic (exact) mass is 517 g/mol. The first kappa shape index (κ1) is 24.4. The van der Waals surface area contributed by atoms with E-state index >= 15 is 0 Å². The zero-order valence-corrected chi connectivity index (χ0v) is 19.9. The molecule has 4 atom stereocenters. The van der Waals surface area contributed by atoms with Crippen LogP contribution in [0.1, 0.15) is 58.8 Å². The smallest absolute Gasteiger partial charge is 0.382 e. The van der Waals surface area contributed by atoms with Gasteiger partial charge in [-0.1, -0.05) is 18.2 Å². The number of benzene rings is 2. The lowest BCUT2D eigenvalue weighted by molar-refractivity contribution is -0.137. The highest BCUT2D eigenvalue weighted by Crippen LogP contribution is 2.49. The van der Waals surface area contributed by atoms with Crippen LogP contribution in [0.25, 0.3) is 0 Å². The van der Waals surface area contributed by atoms with Gasteiger partial charge in [0, 0.05) is 30.3 Å². The van der Waals surface area contributed by atoms with Crippen LogP contribution in [0, 0.1) is 17.7 Å². The van der Waals surface area contributed by atoms with Crippen molar-refractivity contribution in [3.05, 3.63) is 70.5 Å². The van der Waals surface area contributed by atoms with Gasteiger partial charge in [-0.25, -0.2) is 4.39 Å². The zero-order chi connectivity index (χ0) is 26.1. The van der Waals surface area contributed by atoms with Crippen LogP contribution in [0.5, 0.6) is 0 Å². The van der Waals surface area contributed by atoms with Crippen molar-refractivity contribution in [2.24, 2.45) is 11.8 Å². The van der Waals surface area contributed by atoms with Crippen LogP contribution in [-0.2, 0) is 16.6 Å². The number of amides is 2. The second kappa shape index (κ2) is 8.52. The molecule has 4 aliphatic rings. The minimum atomic E-state index is -4.66. The van der Waals surface area contributed by atoms with Crippen molar-refractivity contribution in [1.82, 2.24) is 15.5 Å². The predicted molar refractivity (Wildman–Crippen MR) is 125 cm³/mol. The number of nitrogens with one attached hydrogen (secondary N) is 2. The second-order valence-electron chi connectivity index (χ2n) is 10.8. The van der Waals surface area contributed by atoms with E-state index in [0.717, 1.165) is 31.4 Å². The van der Waals surface area contributed by atoms with E-state index in [1.54, 1.807) is 29.2 Å². The molecular formula is C27H27F4N3O3. The largest absolute Gasteiger partial charge is 0.416 e. The first-order valence-electron chi connectivity index (χ1n) is 12.6. The molecular weight excluding hydrogens is 490 g/mol. The summed E-state index contributed by atoms with van der Waals surface area (Å²) in [4.78, 5) is 28.6. The molecule has 0 bridgehead atoms. The van der Waals surface area contributed by atoms with E-state index in [2.05, 4.69) is 10.6 Å². The minimum absolute atomic E-state index is 0.0277. The van der Waals surface area contributed by atoms with Gasteiger partial charge in [0.25, 0.3) is 5.91 Å². The van der Waals surface area contributed by atoms with Crippen molar-refractivity contribution in [3.8, 4) is 0 Å². The third-order valence-corrected chi connectivity index (χ3v) is 8.18. The molecule has 6 rings (SSSR count). The van der Waals surface area contributed by atoms with Crippen LogP contribution in [0.3, 0.4) is 0 Å². The predicted octanol–water partition coefficient (Wildman–Crippen LogP) is 3.51. The number of carbonyl (C=O) groups excluding carboxylic acids is 2. The van der Waals surface area contributed by atoms with Gasteiger partial charge in [0.05, 0.1) is 11.6 Å². The normalized spacial score (nSPS) is 26.7. The quantitative estimate of drug-likeness (QED) is 0.513. The Kier molecular flexibility index (Phi) is 5.61. The maximum absolute atomic E-state index is 14.8. The number of likely N-dealkylation sites (tertiary alicyclic amines) is 1. The number of β-amino-alcohol motifs (C(OH)–C–C–N with tert-alkyl or cyclic N) is 1. The summed E-state index contributed by atoms with van der Waals surface area (Å²) in [5, 5.41) is 16.5. The van der Waals surface area contributed by atoms with Crippen LogP contribution in [-0.4, -0.2) is 47.0 Å². The molecule has 2 aromatic carbocycles. The summed E-state index contributed by atoms with van der Waals surface area (Å²) in [7, 11) is 0. The first-order valence-corrected chi connectivity index (χ1v) is 12.6. The summed E-state index contributed by atoms with van der Waals surface area (Å²) in [6, 6.07) is 7.66. The number of hydrogen-bond donors (Lipinski definition) is 3. The summed E-state index contributed by atoms with van der Waals surface area (Å²) in [6.07, 6.45) is -1.90. The van der Waals surface area contributed by atoms with E-state index in [4.69, 9.17) is 0 Å². The number of hydrogen-bond acceptors (Lipinski definition) is 4. The Hall–Kier alpha value is -2.98. The standard InChI is InChI=1S/C27H27F4N3O3/c28-20-11-18(27(29,30)31)6-7-19(20)23(14-4-5-14)33-24(35)22-10-16-9-21(16)34(22)25(36)15-2-1-3-17(8-15)26(37)12-32-13-26/h1-3,6-8,11,14,16,21-23,32,37H,4-5,9-10,12-13H2,(H,33,35)/t16-,21-,22-,23-/m1/s1. The molecule has 2 aliphatic heterocycles. The molecule has 2 aromatic rings. The Labute approximate surface area is 211 Å². The first-order chi connectivity index (χ1) is 17.5. The molecule has 0 unspecified atom stereocenters. The maximum atomic E-state index is 14.8. The summed E-state index contributed by atoms with van der Waals surface area (Å²) in [5.41, 5.74) is -1.05. The van der Waals surface area contributed by atoms with Crippen molar-refractivity contribution in [2.45, 2.75) is 55.6 Å². The van der Waals surface area contributed by atoms with Crippen LogP contribution in [0.2, 0.25) is 0 Å². The van der Waals surface area contributed by atoms with E-state index in [1.807, 2.05) is 0 Å². The van der Waals surface area contributed by atoms with E-state index in [1.165, 1.54) is 0 Å². The van der Waals surface area contributed by atoms with E-state index in [9.17, 15) is 32.3 Å². The molecule has 196 valence electrons. The second-order valence-corrected chi connectivity index (χ2v) is 10.8. The van der Waals surface area contributed by atoms with Gasteiger partial charge in [-0.15, -0.1) is 0 Å². The van der Waals surface area contributed by atoms with Gasteiger partial charge in [-0.2, -0.15) is 13.2 Å². The number of rotatable bonds is 6. The van der Waals surface area contributed by atoms with Gasteiger partial charge in [0.2, 0.25) is 5.91 Å². The van der Waals surface area contributed by atoms with Crippen LogP contribution < -0.4 is 10.6 Å². The molecule has 0 spiro atoms. The maximum Gasteiger partial charge on any atom is 0.416 e.